The van der Waals surface area contributed by atoms with Gasteiger partial charge in [-0.2, -0.15) is 0 Å². The van der Waals surface area contributed by atoms with Crippen LogP contribution in [0.1, 0.15) is 12.8 Å². The molecule has 2 N–H and O–H groups in total. The van der Waals surface area contributed by atoms with E-state index in [2.05, 4.69) is 15.3 Å². The lowest BCUT2D eigenvalue weighted by atomic mass is 10.0. The van der Waals surface area contributed by atoms with Gasteiger partial charge in [0.1, 0.15) is 5.75 Å². The molecule has 1 atom stereocenters. The number of anilines is 1. The van der Waals surface area contributed by atoms with E-state index in [-0.39, 0.29) is 11.5 Å². The van der Waals surface area contributed by atoms with Gasteiger partial charge in [-0.1, -0.05) is 12.1 Å². The van der Waals surface area contributed by atoms with Crippen LogP contribution >= 0.6 is 0 Å². The van der Waals surface area contributed by atoms with E-state index < -0.39 is 0 Å². The number of nitrogens with one attached hydrogen (secondary N) is 2. The molecule has 1 unspecified atom stereocenters. The summed E-state index contributed by atoms with van der Waals surface area (Å²) in [6.45, 7) is 1.62. The smallest absolute Gasteiger partial charge is 0.190 e. The topological polar surface area (TPSA) is 89.4 Å². The first-order chi connectivity index (χ1) is 15.2. The molecule has 2 aromatic carbocycles. The van der Waals surface area contributed by atoms with E-state index in [0.717, 1.165) is 42.9 Å². The quantitative estimate of drug-likeness (QED) is 0.482. The molecule has 7 heteroatoms. The number of methoxy groups -OCH3 is 1. The van der Waals surface area contributed by atoms with Crippen molar-refractivity contribution in [2.75, 3.05) is 25.6 Å². The number of hydrogen-bond donors (Lipinski definition) is 2. The first-order valence-corrected chi connectivity index (χ1v) is 10.3. The summed E-state index contributed by atoms with van der Waals surface area (Å²) in [7, 11) is 1.59. The van der Waals surface area contributed by atoms with Crippen LogP contribution in [-0.4, -0.2) is 36.3 Å². The van der Waals surface area contributed by atoms with E-state index in [0.29, 0.717) is 28.0 Å². The lowest BCUT2D eigenvalue weighted by molar-refractivity contribution is 0.120. The fourth-order valence-electron chi connectivity index (χ4n) is 3.98. The van der Waals surface area contributed by atoms with Crippen molar-refractivity contribution < 1.29 is 13.9 Å². The monoisotopic (exact) mass is 417 g/mol. The molecule has 0 radical (unpaired) electrons. The zero-order valence-electron chi connectivity index (χ0n) is 17.2. The highest BCUT2D eigenvalue weighted by Crippen LogP contribution is 2.33. The maximum absolute atomic E-state index is 12.9. The maximum Gasteiger partial charge on any atom is 0.190 e. The summed E-state index contributed by atoms with van der Waals surface area (Å²) in [4.78, 5) is 20.3. The summed E-state index contributed by atoms with van der Waals surface area (Å²) in [5, 5.41) is 4.00. The number of fused-ring (bicyclic) bond motifs is 1. The normalized spacial score (nSPS) is 16.0. The zero-order chi connectivity index (χ0) is 21.2. The van der Waals surface area contributed by atoms with Crippen LogP contribution in [0.2, 0.25) is 0 Å². The van der Waals surface area contributed by atoms with Crippen molar-refractivity contribution in [2.45, 2.75) is 18.9 Å². The van der Waals surface area contributed by atoms with Crippen LogP contribution in [0.3, 0.4) is 0 Å². The van der Waals surface area contributed by atoms with E-state index in [1.165, 1.54) is 6.39 Å². The zero-order valence-corrected chi connectivity index (χ0v) is 17.2. The molecule has 0 aliphatic carbocycles. The van der Waals surface area contributed by atoms with Gasteiger partial charge in [-0.05, 0) is 31.0 Å². The minimum absolute atomic E-state index is 0.0788. The number of aromatic amines is 1. The second-order valence-corrected chi connectivity index (χ2v) is 7.61. The molecule has 0 bridgehead atoms. The third kappa shape index (κ3) is 3.92. The van der Waals surface area contributed by atoms with Crippen molar-refractivity contribution in [3.63, 3.8) is 0 Å². The van der Waals surface area contributed by atoms with Crippen molar-refractivity contribution in [3.05, 3.63) is 65.3 Å². The number of rotatable bonds is 6. The van der Waals surface area contributed by atoms with Crippen molar-refractivity contribution in [2.24, 2.45) is 0 Å². The highest BCUT2D eigenvalue weighted by molar-refractivity contribution is 5.88. The van der Waals surface area contributed by atoms with Gasteiger partial charge in [0.15, 0.2) is 17.6 Å². The first kappa shape index (κ1) is 19.4. The van der Waals surface area contributed by atoms with Crippen LogP contribution in [0.15, 0.2) is 64.3 Å². The van der Waals surface area contributed by atoms with Crippen LogP contribution in [0.5, 0.6) is 5.75 Å². The van der Waals surface area contributed by atoms with E-state index in [4.69, 9.17) is 13.9 Å². The van der Waals surface area contributed by atoms with Gasteiger partial charge in [0.2, 0.25) is 0 Å². The van der Waals surface area contributed by atoms with Crippen molar-refractivity contribution >= 4 is 16.6 Å². The summed E-state index contributed by atoms with van der Waals surface area (Å²) in [5.41, 5.74) is 3.96. The molecule has 5 rings (SSSR count). The number of pyridine rings is 1. The third-order valence-corrected chi connectivity index (χ3v) is 5.58. The molecule has 31 heavy (non-hydrogen) atoms. The van der Waals surface area contributed by atoms with Gasteiger partial charge in [-0.15, -0.1) is 0 Å². The molecule has 2 aromatic heterocycles. The Morgan fingerprint density at radius 1 is 1.26 bits per heavy atom. The van der Waals surface area contributed by atoms with Gasteiger partial charge in [0.25, 0.3) is 0 Å². The Morgan fingerprint density at radius 3 is 2.97 bits per heavy atom. The Balaban J connectivity index is 1.50. The molecule has 1 saturated heterocycles. The lowest BCUT2D eigenvalue weighted by Crippen LogP contribution is -2.18. The van der Waals surface area contributed by atoms with Gasteiger partial charge < -0.3 is 24.2 Å². The standard InChI is InChI=1S/C24H23N3O4/c1-29-23-11-21-18(9-19(23)24-13-25-14-31-24)22(28)10-20(27-21)15-4-2-5-16(8-15)26-12-17-6-3-7-30-17/h2,4-5,8-11,13-14,17,26H,3,6-7,12H2,1H3,(H,27,28). The van der Waals surface area contributed by atoms with Gasteiger partial charge in [-0.25, -0.2) is 4.98 Å². The van der Waals surface area contributed by atoms with Gasteiger partial charge in [-0.3, -0.25) is 4.79 Å². The number of hydrogen-bond acceptors (Lipinski definition) is 6. The molecule has 7 nitrogen and oxygen atoms in total. The predicted molar refractivity (Wildman–Crippen MR) is 120 cm³/mol. The van der Waals surface area contributed by atoms with E-state index >= 15 is 0 Å². The average molecular weight is 417 g/mol. The van der Waals surface area contributed by atoms with Crippen molar-refractivity contribution in [3.8, 4) is 28.3 Å². The highest BCUT2D eigenvalue weighted by atomic mass is 16.5. The lowest BCUT2D eigenvalue weighted by Gasteiger charge is -2.13. The molecule has 3 heterocycles. The molecule has 0 amide bonds. The number of aromatic nitrogens is 2. The van der Waals surface area contributed by atoms with Crippen molar-refractivity contribution in [1.29, 1.82) is 0 Å². The number of H-pyrrole nitrogens is 1. The SMILES string of the molecule is COc1cc2[nH]c(-c3cccc(NCC4CCCO4)c3)cc(=O)c2cc1-c1cnco1. The molecular weight excluding hydrogens is 394 g/mol. The third-order valence-electron chi connectivity index (χ3n) is 5.58. The molecular formula is C24H23N3O4. The van der Waals surface area contributed by atoms with Crippen LogP contribution in [-0.2, 0) is 4.74 Å². The second kappa shape index (κ2) is 8.28. The van der Waals surface area contributed by atoms with Gasteiger partial charge in [0.05, 0.1) is 30.5 Å². The molecule has 158 valence electrons. The van der Waals surface area contributed by atoms with Gasteiger partial charge >= 0.3 is 0 Å². The van der Waals surface area contributed by atoms with Crippen LogP contribution in [0.25, 0.3) is 33.5 Å². The largest absolute Gasteiger partial charge is 0.496 e. The summed E-state index contributed by atoms with van der Waals surface area (Å²) in [5.74, 6) is 1.15. The maximum atomic E-state index is 12.9. The fraction of sp³-hybridized carbons (Fsp3) is 0.250. The summed E-state index contributed by atoms with van der Waals surface area (Å²) < 4.78 is 16.6. The Bertz CT molecular complexity index is 1260. The minimum Gasteiger partial charge on any atom is -0.496 e. The van der Waals surface area contributed by atoms with E-state index in [1.807, 2.05) is 30.3 Å². The number of benzene rings is 2. The van der Waals surface area contributed by atoms with E-state index in [9.17, 15) is 4.79 Å². The molecule has 0 saturated carbocycles. The van der Waals surface area contributed by atoms with E-state index in [1.54, 1.807) is 25.4 Å². The molecule has 4 aromatic rings. The van der Waals surface area contributed by atoms with Crippen molar-refractivity contribution in [1.82, 2.24) is 9.97 Å². The van der Waals surface area contributed by atoms with Gasteiger partial charge in [0, 0.05) is 47.6 Å². The fourth-order valence-corrected chi connectivity index (χ4v) is 3.98. The average Bonchev–Trinajstić information content (AvgIpc) is 3.51. The highest BCUT2D eigenvalue weighted by Gasteiger charge is 2.16. The number of nitrogens with zero attached hydrogens (tertiary/aromatic N) is 1. The van der Waals surface area contributed by atoms with Crippen LogP contribution in [0.4, 0.5) is 5.69 Å². The molecule has 1 aliphatic rings. The Hall–Kier alpha value is -3.58. The molecule has 0 spiro atoms. The number of oxazole rings is 1. The first-order valence-electron chi connectivity index (χ1n) is 10.3. The van der Waals surface area contributed by atoms with Crippen LogP contribution < -0.4 is 15.5 Å². The Labute approximate surface area is 179 Å². The molecule has 1 aliphatic heterocycles. The number of ether oxygens (including phenoxy) is 2. The minimum atomic E-state index is -0.0788. The summed E-state index contributed by atoms with van der Waals surface area (Å²) >= 11 is 0. The predicted octanol–water partition coefficient (Wildman–Crippen LogP) is 4.45. The Morgan fingerprint density at radius 2 is 2.19 bits per heavy atom. The Kier molecular flexibility index (Phi) is 5.18. The summed E-state index contributed by atoms with van der Waals surface area (Å²) in [6, 6.07) is 13.2. The van der Waals surface area contributed by atoms with Crippen LogP contribution in [0, 0.1) is 0 Å². The summed E-state index contributed by atoms with van der Waals surface area (Å²) in [6.07, 6.45) is 5.41. The molecule has 1 fully saturated rings. The second-order valence-electron chi connectivity index (χ2n) is 7.61.